The fourth-order valence-electron chi connectivity index (χ4n) is 9.51. The Morgan fingerprint density at radius 3 is 1.47 bits per heavy atom. The van der Waals surface area contributed by atoms with E-state index in [9.17, 15) is 47.1 Å². The van der Waals surface area contributed by atoms with Crippen molar-refractivity contribution >= 4 is 61.4 Å². The number of carbonyl (C=O) groups is 5. The van der Waals surface area contributed by atoms with Gasteiger partial charge in [0.1, 0.15) is 34.0 Å². The van der Waals surface area contributed by atoms with Crippen molar-refractivity contribution in [3.05, 3.63) is 149 Å². The van der Waals surface area contributed by atoms with E-state index in [1.165, 1.54) is 27.4 Å². The molecule has 0 atom stereocenters. The zero-order chi connectivity index (χ0) is 65.2. The standard InChI is InChI=1S/C20H22ClN3O5S.C20H25N3O4.C20H23N3O3.C4H9O.CH4.K/c1-4-6-16-15(11-25)12(3)18-20(26)22-19(23-24(16)18)14-10-13(30(21,27)28)7-8-17(14)29-9-5-2;1-4-8-16-15(12-24)13(3)18(19(21)25)23(16)22-20(26)14-9-6-7-10-17(14)27-11-5-2;1-4-8-16-15(12-24)13(3)18-20(25)21-19(22-23(16)18)14-9-6-7-10-17(14)26-11-5-2;1-4(2,3)5;;/h7-8,10-11H,4-6,9H2,1-3H3,(H,22,23,26);6-7,9-10,12H,4-5,8,11H2,1-3H3,(H2,21,25)(H,22,26);6-7,9-10,12H,4-5,8,11H2,1-3H3,(H,21,22,25);1-3H3;1H4;/q;;;-1;;+1. The molecule has 8 aromatic rings. The number of nitrogens with zero attached hydrogens (tertiary/aromatic N) is 5. The molecule has 5 heterocycles. The third-order valence-corrected chi connectivity index (χ3v) is 14.7. The van der Waals surface area contributed by atoms with Crippen molar-refractivity contribution in [2.45, 2.75) is 159 Å². The molecule has 22 nitrogen and oxygen atoms in total. The van der Waals surface area contributed by atoms with Crippen molar-refractivity contribution in [2.24, 2.45) is 5.73 Å². The number of carbonyl (C=O) groups excluding carboxylic acids is 5. The summed E-state index contributed by atoms with van der Waals surface area (Å²) in [7, 11) is 1.50. The Bertz CT molecular complexity index is 4040. The minimum absolute atomic E-state index is 0. The molecule has 8 rings (SSSR count). The van der Waals surface area contributed by atoms with Crippen molar-refractivity contribution in [1.82, 2.24) is 33.9 Å². The summed E-state index contributed by atoms with van der Waals surface area (Å²) in [6, 6.07) is 18.5. The second-order valence-corrected chi connectivity index (χ2v) is 24.0. The number of nitrogens with two attached hydrogens (primary N) is 1. The normalized spacial score (nSPS) is 10.9. The van der Waals surface area contributed by atoms with E-state index < -0.39 is 32.0 Å². The summed E-state index contributed by atoms with van der Waals surface area (Å²) in [6.45, 7) is 23.4. The number of aryl methyl sites for hydroxylation is 4. The number of H-pyrrole nitrogens is 2. The Morgan fingerprint density at radius 2 is 1.03 bits per heavy atom. The van der Waals surface area contributed by atoms with Crippen LogP contribution in [-0.2, 0) is 28.3 Å². The third kappa shape index (κ3) is 19.0. The molecule has 0 saturated carbocycles. The summed E-state index contributed by atoms with van der Waals surface area (Å²) in [4.78, 5) is 90.6. The molecule has 90 heavy (non-hydrogen) atoms. The molecule has 2 amide bonds. The van der Waals surface area contributed by atoms with Gasteiger partial charge < -0.3 is 35.0 Å². The van der Waals surface area contributed by atoms with E-state index in [1.807, 2.05) is 65.8 Å². The van der Waals surface area contributed by atoms with Crippen LogP contribution in [0.2, 0.25) is 0 Å². The molecule has 0 spiro atoms. The Morgan fingerprint density at radius 1 is 0.633 bits per heavy atom. The second-order valence-electron chi connectivity index (χ2n) is 21.4. The zero-order valence-corrected chi connectivity index (χ0v) is 57.7. The molecule has 0 saturated heterocycles. The number of rotatable bonds is 24. The first-order valence-corrected chi connectivity index (χ1v) is 31.5. The van der Waals surface area contributed by atoms with E-state index in [1.54, 1.807) is 70.3 Å². The average molecular weight is 1310 g/mol. The van der Waals surface area contributed by atoms with E-state index >= 15 is 0 Å². The fourth-order valence-corrected chi connectivity index (χ4v) is 10.3. The second kappa shape index (κ2) is 35.5. The predicted molar refractivity (Wildman–Crippen MR) is 345 cm³/mol. The van der Waals surface area contributed by atoms with Crippen LogP contribution in [0.1, 0.15) is 194 Å². The number of aldehydes is 3. The van der Waals surface area contributed by atoms with E-state index in [4.69, 9.17) is 30.6 Å². The summed E-state index contributed by atoms with van der Waals surface area (Å²) in [5, 5.41) is 19.3. The van der Waals surface area contributed by atoms with Gasteiger partial charge in [-0.25, -0.2) is 17.4 Å². The molecule has 5 N–H and O–H groups in total. The first-order valence-electron chi connectivity index (χ1n) is 29.2. The van der Waals surface area contributed by atoms with Gasteiger partial charge in [-0.3, -0.25) is 43.7 Å². The largest absolute Gasteiger partial charge is 1.00 e. The maximum absolute atomic E-state index is 12.9. The number of hydrogen-bond donors (Lipinski definition) is 4. The van der Waals surface area contributed by atoms with Gasteiger partial charge in [-0.2, -0.15) is 0 Å². The minimum Gasteiger partial charge on any atom is -0.850 e. The number of aromatic nitrogens is 7. The van der Waals surface area contributed by atoms with Gasteiger partial charge in [-0.1, -0.05) is 113 Å². The molecule has 0 aliphatic heterocycles. The number of hydrogen-bond acceptors (Lipinski definition) is 15. The number of aromatic amines is 2. The van der Waals surface area contributed by atoms with Crippen molar-refractivity contribution in [3.63, 3.8) is 0 Å². The predicted octanol–water partition coefficient (Wildman–Crippen LogP) is 7.65. The maximum Gasteiger partial charge on any atom is 1.00 e. The summed E-state index contributed by atoms with van der Waals surface area (Å²) < 4.78 is 45.2. The van der Waals surface area contributed by atoms with Gasteiger partial charge in [0.05, 0.1) is 58.5 Å². The number of benzene rings is 3. The molecule has 0 aliphatic rings. The van der Waals surface area contributed by atoms with Crippen LogP contribution in [0.3, 0.4) is 0 Å². The van der Waals surface area contributed by atoms with Gasteiger partial charge in [0.2, 0.25) is 0 Å². The Hall–Kier alpha value is -7.03. The third-order valence-electron chi connectivity index (χ3n) is 13.3. The van der Waals surface area contributed by atoms with Crippen LogP contribution >= 0.6 is 10.7 Å². The average Bonchev–Trinajstić information content (AvgIpc) is 1.60. The number of para-hydroxylation sites is 2. The van der Waals surface area contributed by atoms with Gasteiger partial charge in [0.15, 0.2) is 30.5 Å². The van der Waals surface area contributed by atoms with Crippen molar-refractivity contribution < 1.29 is 103 Å². The van der Waals surface area contributed by atoms with Crippen LogP contribution in [0.4, 0.5) is 0 Å². The van der Waals surface area contributed by atoms with Gasteiger partial charge in [-0.05, 0) is 118 Å². The van der Waals surface area contributed by atoms with Crippen molar-refractivity contribution in [1.29, 1.82) is 0 Å². The van der Waals surface area contributed by atoms with Crippen molar-refractivity contribution in [3.8, 4) is 40.0 Å². The number of halogens is 1. The molecule has 0 aliphatic carbocycles. The first kappa shape index (κ1) is 77.2. The SMILES string of the molecule is C.CC(C)(C)[O-].CCCOc1ccc(S(=O)(=O)Cl)cc1-c1nn2c(CCC)c(C=O)c(C)c2c(=O)[nH]1.CCCOc1ccccc1-c1nn2c(CCC)c(C=O)c(C)c2c(=O)[nH]1.CCCOc1ccccc1C(=O)Nn1c(CCC)c(C=O)c(C)c1C(N)=O.[K+]. The van der Waals surface area contributed by atoms with Crippen LogP contribution < -0.4 is 93.0 Å². The number of fused-ring (bicyclic) bond motifs is 2. The zero-order valence-electron chi connectivity index (χ0n) is 53.0. The monoisotopic (exact) mass is 1300 g/mol. The topological polar surface area (TPSA) is 314 Å². The molecule has 480 valence electrons. The number of primary amides is 1. The molecular formula is C65H83ClKN9O13S. The van der Waals surface area contributed by atoms with Crippen molar-refractivity contribution in [2.75, 3.05) is 25.2 Å². The Kier molecular flexibility index (Phi) is 30.5. The van der Waals surface area contributed by atoms with Gasteiger partial charge >= 0.3 is 51.4 Å². The van der Waals surface area contributed by atoms with E-state index in [0.29, 0.717) is 124 Å². The number of ether oxygens (including phenoxy) is 3. The molecule has 0 bridgehead atoms. The summed E-state index contributed by atoms with van der Waals surface area (Å²) in [5.74, 6) is 0.870. The van der Waals surface area contributed by atoms with E-state index in [0.717, 1.165) is 62.4 Å². The van der Waals surface area contributed by atoms with Gasteiger partial charge in [0.25, 0.3) is 32.0 Å². The molecule has 25 heteroatoms. The van der Waals surface area contributed by atoms with Crippen LogP contribution in [0.5, 0.6) is 17.2 Å². The fraction of sp³-hybridized carbons (Fsp3) is 0.400. The molecule has 5 aromatic heterocycles. The molecule has 0 radical (unpaired) electrons. The number of nitrogens with one attached hydrogen (secondary N) is 3. The summed E-state index contributed by atoms with van der Waals surface area (Å²) >= 11 is 0. The summed E-state index contributed by atoms with van der Waals surface area (Å²) in [6.07, 6.45) is 8.72. The van der Waals surface area contributed by atoms with Crippen LogP contribution in [0.25, 0.3) is 33.8 Å². The maximum atomic E-state index is 12.9. The molecular weight excluding hydrogens is 1220 g/mol. The van der Waals surface area contributed by atoms with Crippen LogP contribution in [-0.4, -0.2) is 98.4 Å². The Balaban J connectivity index is 0.000000336. The minimum atomic E-state index is -4.00. The summed E-state index contributed by atoms with van der Waals surface area (Å²) in [5.41, 5.74) is 13.9. The molecule has 0 unspecified atom stereocenters. The molecule has 0 fully saturated rings. The molecule has 3 aromatic carbocycles. The number of amides is 2. The van der Waals surface area contributed by atoms with E-state index in [2.05, 4.69) is 25.6 Å². The van der Waals surface area contributed by atoms with Gasteiger partial charge in [0, 0.05) is 27.4 Å². The quantitative estimate of drug-likeness (QED) is 0.0256. The van der Waals surface area contributed by atoms with Crippen LogP contribution in [0.15, 0.2) is 81.2 Å². The Labute approximate surface area is 572 Å². The van der Waals surface area contributed by atoms with Gasteiger partial charge in [-0.15, -0.1) is 15.8 Å². The first-order chi connectivity index (χ1) is 41.8. The van der Waals surface area contributed by atoms with E-state index in [-0.39, 0.29) is 91.9 Å². The van der Waals surface area contributed by atoms with Crippen LogP contribution in [0, 0.1) is 20.8 Å². The smallest absolute Gasteiger partial charge is 0.850 e.